The van der Waals surface area contributed by atoms with Gasteiger partial charge in [-0.05, 0) is 52.7 Å². The summed E-state index contributed by atoms with van der Waals surface area (Å²) in [4.78, 5) is 0. The van der Waals surface area contributed by atoms with E-state index in [1.807, 2.05) is 18.2 Å². The Bertz CT molecular complexity index is 372. The van der Waals surface area contributed by atoms with Gasteiger partial charge in [-0.1, -0.05) is 18.5 Å². The number of halogens is 2. The molecule has 2 unspecified atom stereocenters. The Morgan fingerprint density at radius 1 is 1.50 bits per heavy atom. The van der Waals surface area contributed by atoms with Gasteiger partial charge in [-0.2, -0.15) is 11.8 Å². The van der Waals surface area contributed by atoms with Crippen LogP contribution in [0.25, 0.3) is 0 Å². The van der Waals surface area contributed by atoms with Crippen LogP contribution in [-0.2, 0) is 0 Å². The standard InChI is InChI=1S/C12H15BrClNS/c1-8-12(3-2-6-16-8)15-9-4-5-11(14)10(13)7-9/h4-5,7-8,12,15H,2-3,6H2,1H3. The molecule has 0 aliphatic carbocycles. The highest BCUT2D eigenvalue weighted by Crippen LogP contribution is 2.30. The average Bonchev–Trinajstić information content (AvgIpc) is 2.27. The molecule has 16 heavy (non-hydrogen) atoms. The first-order valence-electron chi connectivity index (χ1n) is 5.50. The van der Waals surface area contributed by atoms with E-state index in [4.69, 9.17) is 11.6 Å². The molecule has 1 aliphatic rings. The van der Waals surface area contributed by atoms with Crippen LogP contribution in [0.1, 0.15) is 19.8 Å². The maximum atomic E-state index is 5.97. The van der Waals surface area contributed by atoms with E-state index in [9.17, 15) is 0 Å². The highest BCUT2D eigenvalue weighted by atomic mass is 79.9. The zero-order valence-electron chi connectivity index (χ0n) is 9.17. The number of hydrogen-bond donors (Lipinski definition) is 1. The van der Waals surface area contributed by atoms with Crippen molar-refractivity contribution in [1.82, 2.24) is 0 Å². The van der Waals surface area contributed by atoms with Crippen molar-refractivity contribution in [2.75, 3.05) is 11.1 Å². The Kier molecular flexibility index (Phi) is 4.45. The molecule has 0 radical (unpaired) electrons. The molecular weight excluding hydrogens is 306 g/mol. The summed E-state index contributed by atoms with van der Waals surface area (Å²) in [5.41, 5.74) is 1.15. The first-order chi connectivity index (χ1) is 7.66. The van der Waals surface area contributed by atoms with E-state index in [1.54, 1.807) is 0 Å². The van der Waals surface area contributed by atoms with Crippen LogP contribution in [0.3, 0.4) is 0 Å². The van der Waals surface area contributed by atoms with Crippen molar-refractivity contribution in [3.63, 3.8) is 0 Å². The molecule has 1 aromatic rings. The third kappa shape index (κ3) is 3.08. The molecule has 2 atom stereocenters. The second-order valence-corrected chi connectivity index (χ2v) is 6.84. The van der Waals surface area contributed by atoms with Gasteiger partial charge in [0.2, 0.25) is 0 Å². The summed E-state index contributed by atoms with van der Waals surface area (Å²) < 4.78 is 0.954. The maximum Gasteiger partial charge on any atom is 0.0549 e. The number of rotatable bonds is 2. The summed E-state index contributed by atoms with van der Waals surface area (Å²) in [5.74, 6) is 1.30. The molecule has 1 N–H and O–H groups in total. The molecular formula is C12H15BrClNS. The van der Waals surface area contributed by atoms with Gasteiger partial charge in [-0.25, -0.2) is 0 Å². The van der Waals surface area contributed by atoms with E-state index in [-0.39, 0.29) is 0 Å². The molecule has 0 bridgehead atoms. The fourth-order valence-electron chi connectivity index (χ4n) is 1.91. The van der Waals surface area contributed by atoms with Gasteiger partial charge >= 0.3 is 0 Å². The second kappa shape index (κ2) is 5.65. The van der Waals surface area contributed by atoms with Crippen LogP contribution < -0.4 is 5.32 Å². The van der Waals surface area contributed by atoms with E-state index in [0.29, 0.717) is 11.3 Å². The van der Waals surface area contributed by atoms with Crippen LogP contribution >= 0.6 is 39.3 Å². The summed E-state index contributed by atoms with van der Waals surface area (Å²) in [6, 6.07) is 6.59. The lowest BCUT2D eigenvalue weighted by Gasteiger charge is -2.30. The molecule has 2 rings (SSSR count). The molecule has 0 amide bonds. The predicted octanol–water partition coefficient (Wildman–Crippen LogP) is 4.80. The Balaban J connectivity index is 2.05. The molecule has 1 saturated heterocycles. The van der Waals surface area contributed by atoms with Crippen LogP contribution in [0.2, 0.25) is 5.02 Å². The molecule has 0 saturated carbocycles. The number of thioether (sulfide) groups is 1. The summed E-state index contributed by atoms with van der Waals surface area (Å²) in [6.07, 6.45) is 2.57. The normalized spacial score (nSPS) is 25.4. The second-order valence-electron chi connectivity index (χ2n) is 4.10. The lowest BCUT2D eigenvalue weighted by atomic mass is 10.1. The molecule has 1 aliphatic heterocycles. The first kappa shape index (κ1) is 12.6. The highest BCUT2D eigenvalue weighted by Gasteiger charge is 2.21. The number of nitrogens with one attached hydrogen (secondary N) is 1. The van der Waals surface area contributed by atoms with Crippen molar-refractivity contribution in [2.24, 2.45) is 0 Å². The molecule has 4 heteroatoms. The SMILES string of the molecule is CC1SCCCC1Nc1ccc(Cl)c(Br)c1. The van der Waals surface area contributed by atoms with E-state index >= 15 is 0 Å². The van der Waals surface area contributed by atoms with Crippen LogP contribution in [0.15, 0.2) is 22.7 Å². The van der Waals surface area contributed by atoms with Gasteiger partial charge in [0, 0.05) is 21.5 Å². The van der Waals surface area contributed by atoms with Crippen molar-refractivity contribution in [2.45, 2.75) is 31.1 Å². The van der Waals surface area contributed by atoms with Gasteiger partial charge in [-0.15, -0.1) is 0 Å². The monoisotopic (exact) mass is 319 g/mol. The van der Waals surface area contributed by atoms with Gasteiger partial charge in [0.25, 0.3) is 0 Å². The summed E-state index contributed by atoms with van der Waals surface area (Å²) in [6.45, 7) is 2.30. The van der Waals surface area contributed by atoms with Crippen molar-refractivity contribution in [1.29, 1.82) is 0 Å². The van der Waals surface area contributed by atoms with E-state index < -0.39 is 0 Å². The van der Waals surface area contributed by atoms with Gasteiger partial charge in [-0.3, -0.25) is 0 Å². The van der Waals surface area contributed by atoms with Crippen molar-refractivity contribution in [3.05, 3.63) is 27.7 Å². The Morgan fingerprint density at radius 3 is 3.00 bits per heavy atom. The number of hydrogen-bond acceptors (Lipinski definition) is 2. The van der Waals surface area contributed by atoms with Crippen molar-refractivity contribution < 1.29 is 0 Å². The smallest absolute Gasteiger partial charge is 0.0549 e. The maximum absolute atomic E-state index is 5.97. The quantitative estimate of drug-likeness (QED) is 0.840. The molecule has 88 valence electrons. The fraction of sp³-hybridized carbons (Fsp3) is 0.500. The third-order valence-corrected chi connectivity index (χ3v) is 5.47. The topological polar surface area (TPSA) is 12.0 Å². The molecule has 1 heterocycles. The molecule has 0 spiro atoms. The van der Waals surface area contributed by atoms with Gasteiger partial charge < -0.3 is 5.32 Å². The lowest BCUT2D eigenvalue weighted by molar-refractivity contribution is 0.617. The first-order valence-corrected chi connectivity index (χ1v) is 7.72. The van der Waals surface area contributed by atoms with E-state index in [2.05, 4.69) is 39.9 Å². The van der Waals surface area contributed by atoms with Crippen LogP contribution in [-0.4, -0.2) is 17.0 Å². The minimum atomic E-state index is 0.576. The largest absolute Gasteiger partial charge is 0.381 e. The van der Waals surface area contributed by atoms with Crippen LogP contribution in [0, 0.1) is 0 Å². The minimum absolute atomic E-state index is 0.576. The predicted molar refractivity (Wildman–Crippen MR) is 77.7 cm³/mol. The number of anilines is 1. The summed E-state index contributed by atoms with van der Waals surface area (Å²) in [5, 5.41) is 5.03. The third-order valence-electron chi connectivity index (χ3n) is 2.88. The molecule has 1 aromatic carbocycles. The Labute approximate surface area is 114 Å². The van der Waals surface area contributed by atoms with Gasteiger partial charge in [0.1, 0.15) is 0 Å². The Morgan fingerprint density at radius 2 is 2.31 bits per heavy atom. The summed E-state index contributed by atoms with van der Waals surface area (Å²) in [7, 11) is 0. The van der Waals surface area contributed by atoms with Crippen LogP contribution in [0.5, 0.6) is 0 Å². The minimum Gasteiger partial charge on any atom is -0.381 e. The Hall–Kier alpha value is 0.140. The molecule has 1 fully saturated rings. The van der Waals surface area contributed by atoms with Gasteiger partial charge in [0.15, 0.2) is 0 Å². The molecule has 0 aromatic heterocycles. The molecule has 1 nitrogen and oxygen atoms in total. The van der Waals surface area contributed by atoms with Crippen molar-refractivity contribution in [3.8, 4) is 0 Å². The van der Waals surface area contributed by atoms with Gasteiger partial charge in [0.05, 0.1) is 5.02 Å². The van der Waals surface area contributed by atoms with E-state index in [0.717, 1.165) is 15.2 Å². The summed E-state index contributed by atoms with van der Waals surface area (Å²) >= 11 is 11.5. The van der Waals surface area contributed by atoms with E-state index in [1.165, 1.54) is 18.6 Å². The zero-order chi connectivity index (χ0) is 11.5. The fourth-order valence-corrected chi connectivity index (χ4v) is 3.55. The average molecular weight is 321 g/mol. The number of benzene rings is 1. The lowest BCUT2D eigenvalue weighted by Crippen LogP contribution is -2.32. The van der Waals surface area contributed by atoms with Crippen molar-refractivity contribution >= 4 is 45.0 Å². The zero-order valence-corrected chi connectivity index (χ0v) is 12.3. The van der Waals surface area contributed by atoms with Crippen LogP contribution in [0.4, 0.5) is 5.69 Å². The highest BCUT2D eigenvalue weighted by molar-refractivity contribution is 9.10.